The van der Waals surface area contributed by atoms with Crippen molar-refractivity contribution in [1.29, 1.82) is 0 Å². The molecule has 0 unspecified atom stereocenters. The van der Waals surface area contributed by atoms with Crippen LogP contribution in [0.2, 0.25) is 0 Å². The quantitative estimate of drug-likeness (QED) is 0.746. The maximum Gasteiger partial charge on any atom is 0.490 e. The van der Waals surface area contributed by atoms with Crippen LogP contribution < -0.4 is 5.32 Å². The Labute approximate surface area is 128 Å². The number of aromatic amines is 1. The van der Waals surface area contributed by atoms with Gasteiger partial charge in [-0.2, -0.15) is 13.2 Å². The first-order valence-corrected chi connectivity index (χ1v) is 6.49. The van der Waals surface area contributed by atoms with Crippen molar-refractivity contribution in [2.75, 3.05) is 6.54 Å². The van der Waals surface area contributed by atoms with Gasteiger partial charge in [0.05, 0.1) is 5.56 Å². The maximum atomic E-state index is 11.6. The number of pyridine rings is 1. The highest BCUT2D eigenvalue weighted by molar-refractivity contribution is 5.97. The molecule has 0 aromatic carbocycles. The number of hydrogen-bond donors (Lipinski definition) is 3. The van der Waals surface area contributed by atoms with Crippen molar-refractivity contribution in [3.63, 3.8) is 0 Å². The van der Waals surface area contributed by atoms with Crippen molar-refractivity contribution in [3.8, 4) is 11.3 Å². The number of alkyl halides is 3. The highest BCUT2D eigenvalue weighted by atomic mass is 19.4. The second-order valence-corrected chi connectivity index (χ2v) is 4.62. The molecule has 1 amide bonds. The Kier molecular flexibility index (Phi) is 4.68. The second kappa shape index (κ2) is 6.51. The van der Waals surface area contributed by atoms with Crippen LogP contribution in [0.15, 0.2) is 30.6 Å². The standard InChI is InChI=1S/C12H11N3O.C2HF3O2/c16-12-9-7-11(8-1-4-13-5-2-8)15-10(9)3-6-14-12;3-2(4,5)1(6)7/h1-2,4-5,7,15H,3,6H2,(H,14,16);(H,6,7). The van der Waals surface area contributed by atoms with E-state index in [0.29, 0.717) is 6.54 Å². The molecule has 9 heteroatoms. The topological polar surface area (TPSA) is 95.1 Å². The van der Waals surface area contributed by atoms with Crippen LogP contribution in [0.5, 0.6) is 0 Å². The lowest BCUT2D eigenvalue weighted by atomic mass is 10.1. The molecule has 2 aromatic rings. The van der Waals surface area contributed by atoms with E-state index in [1.165, 1.54) is 0 Å². The van der Waals surface area contributed by atoms with E-state index in [-0.39, 0.29) is 5.91 Å². The molecule has 0 saturated heterocycles. The van der Waals surface area contributed by atoms with Gasteiger partial charge in [0.1, 0.15) is 0 Å². The van der Waals surface area contributed by atoms with Gasteiger partial charge in [0, 0.05) is 42.3 Å². The summed E-state index contributed by atoms with van der Waals surface area (Å²) in [5.41, 5.74) is 3.82. The van der Waals surface area contributed by atoms with E-state index in [9.17, 15) is 18.0 Å². The molecule has 6 nitrogen and oxygen atoms in total. The number of amides is 1. The van der Waals surface area contributed by atoms with Crippen molar-refractivity contribution < 1.29 is 27.9 Å². The molecule has 3 heterocycles. The number of fused-ring (bicyclic) bond motifs is 1. The number of carboxylic acid groups (broad SMARTS) is 1. The SMILES string of the molecule is O=C(O)C(F)(F)F.O=C1NCCc2[nH]c(-c3ccncc3)cc21. The number of carboxylic acids is 1. The summed E-state index contributed by atoms with van der Waals surface area (Å²) in [6.45, 7) is 0.710. The smallest absolute Gasteiger partial charge is 0.475 e. The van der Waals surface area contributed by atoms with E-state index in [2.05, 4.69) is 15.3 Å². The third-order valence-corrected chi connectivity index (χ3v) is 3.04. The Morgan fingerprint density at radius 1 is 1.26 bits per heavy atom. The van der Waals surface area contributed by atoms with Gasteiger partial charge in [0.25, 0.3) is 5.91 Å². The number of H-pyrrole nitrogens is 1. The molecule has 0 saturated carbocycles. The van der Waals surface area contributed by atoms with Crippen LogP contribution >= 0.6 is 0 Å². The van der Waals surface area contributed by atoms with Crippen LogP contribution in [0, 0.1) is 0 Å². The van der Waals surface area contributed by atoms with Gasteiger partial charge in [-0.25, -0.2) is 4.79 Å². The van der Waals surface area contributed by atoms with E-state index in [1.54, 1.807) is 12.4 Å². The molecule has 3 N–H and O–H groups in total. The molecule has 1 aliphatic heterocycles. The molecule has 23 heavy (non-hydrogen) atoms. The van der Waals surface area contributed by atoms with Gasteiger partial charge in [-0.15, -0.1) is 0 Å². The van der Waals surface area contributed by atoms with Crippen molar-refractivity contribution in [2.45, 2.75) is 12.6 Å². The summed E-state index contributed by atoms with van der Waals surface area (Å²) in [5.74, 6) is -2.75. The molecule has 2 aromatic heterocycles. The summed E-state index contributed by atoms with van der Waals surface area (Å²) in [6.07, 6.45) is -0.726. The van der Waals surface area contributed by atoms with Gasteiger partial charge in [0.15, 0.2) is 0 Å². The van der Waals surface area contributed by atoms with Crippen LogP contribution in [0.1, 0.15) is 16.1 Å². The fourth-order valence-electron chi connectivity index (χ4n) is 1.98. The van der Waals surface area contributed by atoms with Crippen molar-refractivity contribution >= 4 is 11.9 Å². The molecule has 1 aliphatic rings. The maximum absolute atomic E-state index is 11.6. The number of aliphatic carboxylic acids is 1. The zero-order chi connectivity index (χ0) is 17.0. The van der Waals surface area contributed by atoms with Crippen LogP contribution in [0.4, 0.5) is 13.2 Å². The number of nitrogens with one attached hydrogen (secondary N) is 2. The largest absolute Gasteiger partial charge is 0.490 e. The van der Waals surface area contributed by atoms with Crippen molar-refractivity contribution in [3.05, 3.63) is 41.9 Å². The van der Waals surface area contributed by atoms with E-state index in [1.807, 2.05) is 18.2 Å². The molecule has 0 bridgehead atoms. The zero-order valence-electron chi connectivity index (χ0n) is 11.6. The third kappa shape index (κ3) is 4.09. The minimum atomic E-state index is -5.08. The van der Waals surface area contributed by atoms with Gasteiger partial charge < -0.3 is 15.4 Å². The van der Waals surface area contributed by atoms with Crippen molar-refractivity contribution in [1.82, 2.24) is 15.3 Å². The van der Waals surface area contributed by atoms with E-state index < -0.39 is 12.1 Å². The molecule has 0 radical (unpaired) electrons. The minimum Gasteiger partial charge on any atom is -0.475 e. The Morgan fingerprint density at radius 2 is 1.87 bits per heavy atom. The molecular formula is C14H12F3N3O3. The van der Waals surface area contributed by atoms with E-state index in [4.69, 9.17) is 9.90 Å². The number of carbonyl (C=O) groups is 2. The number of hydrogen-bond acceptors (Lipinski definition) is 3. The lowest BCUT2D eigenvalue weighted by Crippen LogP contribution is -2.31. The number of nitrogens with zero attached hydrogens (tertiary/aromatic N) is 1. The minimum absolute atomic E-state index is 0.0119. The number of halogens is 3. The molecule has 0 aliphatic carbocycles. The summed E-state index contributed by atoms with van der Waals surface area (Å²) in [4.78, 5) is 27.7. The van der Waals surface area contributed by atoms with E-state index >= 15 is 0 Å². The van der Waals surface area contributed by atoms with Gasteiger partial charge in [-0.05, 0) is 18.2 Å². The normalized spacial score (nSPS) is 13.4. The summed E-state index contributed by atoms with van der Waals surface area (Å²) in [5, 5.41) is 9.96. The molecule has 0 fully saturated rings. The predicted molar refractivity (Wildman–Crippen MR) is 73.8 cm³/mol. The van der Waals surface area contributed by atoms with Crippen LogP contribution in [-0.4, -0.2) is 39.7 Å². The Balaban J connectivity index is 0.000000236. The summed E-state index contributed by atoms with van der Waals surface area (Å²) in [7, 11) is 0. The van der Waals surface area contributed by atoms with Crippen LogP contribution in [0.25, 0.3) is 11.3 Å². The number of rotatable bonds is 1. The van der Waals surface area contributed by atoms with Gasteiger partial charge in [-0.1, -0.05) is 0 Å². The highest BCUT2D eigenvalue weighted by Gasteiger charge is 2.38. The molecule has 0 atom stereocenters. The summed E-state index contributed by atoms with van der Waals surface area (Å²) in [6, 6.07) is 5.75. The predicted octanol–water partition coefficient (Wildman–Crippen LogP) is 2.00. The Bertz CT molecular complexity index is 711. The first-order valence-electron chi connectivity index (χ1n) is 6.49. The fraction of sp³-hybridized carbons (Fsp3) is 0.214. The molecular weight excluding hydrogens is 315 g/mol. The number of aromatic nitrogens is 2. The fourth-order valence-corrected chi connectivity index (χ4v) is 1.98. The Hall–Kier alpha value is -2.84. The first-order chi connectivity index (χ1) is 10.8. The lowest BCUT2D eigenvalue weighted by molar-refractivity contribution is -0.192. The number of carbonyl (C=O) groups excluding carboxylic acids is 1. The highest BCUT2D eigenvalue weighted by Crippen LogP contribution is 2.23. The summed E-state index contributed by atoms with van der Waals surface area (Å²) >= 11 is 0. The molecule has 122 valence electrons. The van der Waals surface area contributed by atoms with Gasteiger partial charge in [-0.3, -0.25) is 9.78 Å². The van der Waals surface area contributed by atoms with Crippen LogP contribution in [-0.2, 0) is 11.2 Å². The van der Waals surface area contributed by atoms with Crippen LogP contribution in [0.3, 0.4) is 0 Å². The molecule has 0 spiro atoms. The summed E-state index contributed by atoms with van der Waals surface area (Å²) < 4.78 is 31.7. The van der Waals surface area contributed by atoms with Gasteiger partial charge in [0.2, 0.25) is 0 Å². The average Bonchev–Trinajstić information content (AvgIpc) is 2.93. The zero-order valence-corrected chi connectivity index (χ0v) is 11.6. The Morgan fingerprint density at radius 3 is 2.39 bits per heavy atom. The second-order valence-electron chi connectivity index (χ2n) is 4.62. The van der Waals surface area contributed by atoms with Crippen molar-refractivity contribution in [2.24, 2.45) is 0 Å². The third-order valence-electron chi connectivity index (χ3n) is 3.04. The average molecular weight is 327 g/mol. The van der Waals surface area contributed by atoms with Gasteiger partial charge >= 0.3 is 12.1 Å². The van der Waals surface area contributed by atoms with E-state index in [0.717, 1.165) is 28.9 Å². The molecule has 3 rings (SSSR count). The monoisotopic (exact) mass is 327 g/mol. The first kappa shape index (κ1) is 16.5. The lowest BCUT2D eigenvalue weighted by Gasteiger charge is -2.10.